The fourth-order valence-electron chi connectivity index (χ4n) is 2.04. The molecule has 0 spiro atoms. The van der Waals surface area contributed by atoms with Gasteiger partial charge in [0.1, 0.15) is 11.8 Å². The lowest BCUT2D eigenvalue weighted by molar-refractivity contribution is -0.116. The second kappa shape index (κ2) is 6.79. The molecule has 0 radical (unpaired) electrons. The molecule has 0 saturated heterocycles. The number of carbonyl (C=O) groups is 1. The molecule has 1 amide bonds. The summed E-state index contributed by atoms with van der Waals surface area (Å²) in [6, 6.07) is 14.9. The van der Waals surface area contributed by atoms with Gasteiger partial charge in [-0.15, -0.1) is 0 Å². The summed E-state index contributed by atoms with van der Waals surface area (Å²) in [7, 11) is 1.58. The Morgan fingerprint density at radius 3 is 2.62 bits per heavy atom. The number of anilines is 2. The van der Waals surface area contributed by atoms with Crippen LogP contribution < -0.4 is 15.4 Å². The van der Waals surface area contributed by atoms with E-state index in [4.69, 9.17) is 4.74 Å². The minimum atomic E-state index is -0.350. The standard InChI is InChI=1S/C17H20N2O2/c1-12-7-6-8-14(11-12)18-13(2)17(20)19-15-9-4-5-10-16(15)21-3/h4-11,13,18H,1-3H3,(H,19,20)/t13-/m0/s1. The van der Waals surface area contributed by atoms with Gasteiger partial charge < -0.3 is 15.4 Å². The summed E-state index contributed by atoms with van der Waals surface area (Å²) in [6.07, 6.45) is 0. The summed E-state index contributed by atoms with van der Waals surface area (Å²) < 4.78 is 5.22. The van der Waals surface area contributed by atoms with E-state index < -0.39 is 0 Å². The zero-order valence-electron chi connectivity index (χ0n) is 12.5. The van der Waals surface area contributed by atoms with Gasteiger partial charge in [0.25, 0.3) is 0 Å². The van der Waals surface area contributed by atoms with E-state index in [-0.39, 0.29) is 11.9 Å². The van der Waals surface area contributed by atoms with Crippen molar-refractivity contribution in [1.82, 2.24) is 0 Å². The van der Waals surface area contributed by atoms with E-state index in [0.717, 1.165) is 11.3 Å². The molecule has 0 bridgehead atoms. The number of hydrogen-bond acceptors (Lipinski definition) is 3. The van der Waals surface area contributed by atoms with Crippen LogP contribution in [0.2, 0.25) is 0 Å². The molecule has 4 heteroatoms. The molecule has 0 heterocycles. The first-order valence-electron chi connectivity index (χ1n) is 6.87. The van der Waals surface area contributed by atoms with Crippen molar-refractivity contribution in [2.45, 2.75) is 19.9 Å². The Morgan fingerprint density at radius 1 is 1.14 bits per heavy atom. The van der Waals surface area contributed by atoms with Crippen molar-refractivity contribution in [3.63, 3.8) is 0 Å². The normalized spacial score (nSPS) is 11.6. The number of carbonyl (C=O) groups excluding carboxylic acids is 1. The molecular weight excluding hydrogens is 264 g/mol. The number of para-hydroxylation sites is 2. The third kappa shape index (κ3) is 3.99. The lowest BCUT2D eigenvalue weighted by atomic mass is 10.2. The maximum Gasteiger partial charge on any atom is 0.246 e. The Morgan fingerprint density at radius 2 is 1.90 bits per heavy atom. The highest BCUT2D eigenvalue weighted by atomic mass is 16.5. The molecule has 2 aromatic rings. The zero-order valence-corrected chi connectivity index (χ0v) is 12.5. The number of benzene rings is 2. The van der Waals surface area contributed by atoms with E-state index in [1.807, 2.05) is 62.4 Å². The van der Waals surface area contributed by atoms with Gasteiger partial charge in [-0.1, -0.05) is 24.3 Å². The molecule has 0 unspecified atom stereocenters. The van der Waals surface area contributed by atoms with Crippen LogP contribution in [-0.2, 0) is 4.79 Å². The third-order valence-electron chi connectivity index (χ3n) is 3.16. The zero-order chi connectivity index (χ0) is 15.2. The van der Waals surface area contributed by atoms with Crippen LogP contribution in [-0.4, -0.2) is 19.1 Å². The highest BCUT2D eigenvalue weighted by Gasteiger charge is 2.14. The van der Waals surface area contributed by atoms with Gasteiger partial charge in [-0.25, -0.2) is 0 Å². The first-order chi connectivity index (χ1) is 10.1. The molecule has 2 N–H and O–H groups in total. The topological polar surface area (TPSA) is 50.4 Å². The first-order valence-corrected chi connectivity index (χ1v) is 6.87. The van der Waals surface area contributed by atoms with E-state index in [1.165, 1.54) is 0 Å². The molecule has 2 aromatic carbocycles. The number of rotatable bonds is 5. The number of methoxy groups -OCH3 is 1. The van der Waals surface area contributed by atoms with Gasteiger partial charge in [0, 0.05) is 5.69 Å². The van der Waals surface area contributed by atoms with Gasteiger partial charge in [0.15, 0.2) is 0 Å². The summed E-state index contributed by atoms with van der Waals surface area (Å²) in [4.78, 5) is 12.2. The molecular formula is C17H20N2O2. The van der Waals surface area contributed by atoms with Crippen LogP contribution >= 0.6 is 0 Å². The molecule has 1 atom stereocenters. The summed E-state index contributed by atoms with van der Waals surface area (Å²) in [5.41, 5.74) is 2.75. The fraction of sp³-hybridized carbons (Fsp3) is 0.235. The smallest absolute Gasteiger partial charge is 0.246 e. The van der Waals surface area contributed by atoms with Crippen LogP contribution in [0.5, 0.6) is 5.75 Å². The summed E-state index contributed by atoms with van der Waals surface area (Å²) in [5.74, 6) is 0.537. The van der Waals surface area contributed by atoms with E-state index in [0.29, 0.717) is 11.4 Å². The van der Waals surface area contributed by atoms with E-state index >= 15 is 0 Å². The monoisotopic (exact) mass is 284 g/mol. The Bertz CT molecular complexity index is 626. The molecule has 4 nitrogen and oxygen atoms in total. The van der Waals surface area contributed by atoms with Gasteiger partial charge in [0.05, 0.1) is 12.8 Å². The Labute approximate surface area is 125 Å². The second-order valence-corrected chi connectivity index (χ2v) is 4.93. The van der Waals surface area contributed by atoms with Crippen molar-refractivity contribution in [3.8, 4) is 5.75 Å². The van der Waals surface area contributed by atoms with Crippen LogP contribution in [0.1, 0.15) is 12.5 Å². The Balaban J connectivity index is 2.02. The minimum absolute atomic E-state index is 0.110. The Hall–Kier alpha value is -2.49. The van der Waals surface area contributed by atoms with Crippen LogP contribution in [0, 0.1) is 6.92 Å². The molecule has 0 aliphatic carbocycles. The third-order valence-corrected chi connectivity index (χ3v) is 3.16. The average Bonchev–Trinajstić information content (AvgIpc) is 2.47. The van der Waals surface area contributed by atoms with E-state index in [1.54, 1.807) is 7.11 Å². The van der Waals surface area contributed by atoms with Crippen molar-refractivity contribution in [2.24, 2.45) is 0 Å². The lowest BCUT2D eigenvalue weighted by Crippen LogP contribution is -2.32. The predicted octanol–water partition coefficient (Wildman–Crippen LogP) is 3.44. The molecule has 0 saturated carbocycles. The fourth-order valence-corrected chi connectivity index (χ4v) is 2.04. The summed E-state index contributed by atoms with van der Waals surface area (Å²) in [5, 5.41) is 6.06. The predicted molar refractivity (Wildman–Crippen MR) is 85.9 cm³/mol. The van der Waals surface area contributed by atoms with E-state index in [9.17, 15) is 4.79 Å². The summed E-state index contributed by atoms with van der Waals surface area (Å²) in [6.45, 7) is 3.85. The molecule has 110 valence electrons. The minimum Gasteiger partial charge on any atom is -0.495 e. The number of nitrogens with one attached hydrogen (secondary N) is 2. The van der Waals surface area contributed by atoms with Crippen LogP contribution in [0.25, 0.3) is 0 Å². The van der Waals surface area contributed by atoms with Crippen molar-refractivity contribution in [2.75, 3.05) is 17.7 Å². The van der Waals surface area contributed by atoms with Crippen molar-refractivity contribution >= 4 is 17.3 Å². The number of hydrogen-bond donors (Lipinski definition) is 2. The highest BCUT2D eigenvalue weighted by molar-refractivity contribution is 5.97. The Kier molecular flexibility index (Phi) is 4.82. The molecule has 0 aliphatic heterocycles. The summed E-state index contributed by atoms with van der Waals surface area (Å²) >= 11 is 0. The van der Waals surface area contributed by atoms with Crippen molar-refractivity contribution in [3.05, 3.63) is 54.1 Å². The highest BCUT2D eigenvalue weighted by Crippen LogP contribution is 2.23. The van der Waals surface area contributed by atoms with Gasteiger partial charge in [-0.05, 0) is 43.7 Å². The molecule has 0 aliphatic rings. The van der Waals surface area contributed by atoms with Gasteiger partial charge in [-0.3, -0.25) is 4.79 Å². The number of ether oxygens (including phenoxy) is 1. The largest absolute Gasteiger partial charge is 0.495 e. The maximum atomic E-state index is 12.2. The molecule has 2 rings (SSSR count). The molecule has 0 aromatic heterocycles. The maximum absolute atomic E-state index is 12.2. The van der Waals surface area contributed by atoms with Gasteiger partial charge >= 0.3 is 0 Å². The lowest BCUT2D eigenvalue weighted by Gasteiger charge is -2.16. The number of aryl methyl sites for hydroxylation is 1. The van der Waals surface area contributed by atoms with Gasteiger partial charge in [-0.2, -0.15) is 0 Å². The average molecular weight is 284 g/mol. The van der Waals surface area contributed by atoms with Crippen molar-refractivity contribution < 1.29 is 9.53 Å². The second-order valence-electron chi connectivity index (χ2n) is 4.93. The van der Waals surface area contributed by atoms with Gasteiger partial charge in [0.2, 0.25) is 5.91 Å². The SMILES string of the molecule is COc1ccccc1NC(=O)[C@H](C)Nc1cccc(C)c1. The molecule has 21 heavy (non-hydrogen) atoms. The van der Waals surface area contributed by atoms with Crippen molar-refractivity contribution in [1.29, 1.82) is 0 Å². The van der Waals surface area contributed by atoms with Crippen LogP contribution in [0.15, 0.2) is 48.5 Å². The van der Waals surface area contributed by atoms with E-state index in [2.05, 4.69) is 10.6 Å². The molecule has 0 fully saturated rings. The van der Waals surface area contributed by atoms with Crippen LogP contribution in [0.3, 0.4) is 0 Å². The number of amides is 1. The quantitative estimate of drug-likeness (QED) is 0.884. The first kappa shape index (κ1) is 14.9. The van der Waals surface area contributed by atoms with Crippen LogP contribution in [0.4, 0.5) is 11.4 Å².